The Kier molecular flexibility index (Phi) is 5.65. The molecule has 6 heteroatoms. The molecule has 2 heterocycles. The van der Waals surface area contributed by atoms with Crippen LogP contribution in [-0.4, -0.2) is 33.3 Å². The van der Waals surface area contributed by atoms with Crippen molar-refractivity contribution in [3.8, 4) is 17.9 Å². The lowest BCUT2D eigenvalue weighted by Gasteiger charge is -2.45. The van der Waals surface area contributed by atoms with Crippen molar-refractivity contribution < 1.29 is 4.74 Å². The summed E-state index contributed by atoms with van der Waals surface area (Å²) in [5.41, 5.74) is 2.45. The van der Waals surface area contributed by atoms with Gasteiger partial charge in [-0.3, -0.25) is 0 Å². The molecule has 2 aliphatic heterocycles. The number of benzene rings is 1. The molecule has 2 aliphatic rings. The van der Waals surface area contributed by atoms with Gasteiger partial charge >= 0.3 is 0 Å². The molecule has 0 bridgehead atoms. The first-order chi connectivity index (χ1) is 12.7. The first kappa shape index (κ1) is 18.1. The predicted molar refractivity (Wildman–Crippen MR) is 102 cm³/mol. The molecule has 2 N–H and O–H groups in total. The molecule has 3 rings (SSSR count). The molecule has 0 unspecified atom stereocenters. The summed E-state index contributed by atoms with van der Waals surface area (Å²) in [6.45, 7) is 4.44. The van der Waals surface area contributed by atoms with Gasteiger partial charge in [0.2, 0.25) is 0 Å². The van der Waals surface area contributed by atoms with Crippen LogP contribution in [0.3, 0.4) is 0 Å². The summed E-state index contributed by atoms with van der Waals surface area (Å²) >= 11 is 0. The molecule has 6 nitrogen and oxygen atoms in total. The maximum Gasteiger partial charge on any atom is 0.145 e. The predicted octanol–water partition coefficient (Wildman–Crippen LogP) is 3.01. The van der Waals surface area contributed by atoms with Gasteiger partial charge in [0.1, 0.15) is 23.5 Å². The van der Waals surface area contributed by atoms with E-state index < -0.39 is 0 Å². The van der Waals surface area contributed by atoms with Gasteiger partial charge in [-0.25, -0.2) is 0 Å². The Bertz CT molecular complexity index is 726. The van der Waals surface area contributed by atoms with E-state index in [4.69, 9.17) is 15.3 Å². The van der Waals surface area contributed by atoms with Crippen LogP contribution < -0.4 is 20.3 Å². The van der Waals surface area contributed by atoms with Crippen LogP contribution >= 0.6 is 0 Å². The monoisotopic (exact) mass is 351 g/mol. The van der Waals surface area contributed by atoms with Crippen molar-refractivity contribution in [1.82, 2.24) is 5.32 Å². The number of anilines is 2. The van der Waals surface area contributed by atoms with E-state index in [0.29, 0.717) is 11.2 Å². The van der Waals surface area contributed by atoms with E-state index in [2.05, 4.69) is 21.6 Å². The molecule has 26 heavy (non-hydrogen) atoms. The lowest BCUT2D eigenvalue weighted by atomic mass is 9.71. The Morgan fingerprint density at radius 2 is 1.88 bits per heavy atom. The van der Waals surface area contributed by atoms with Crippen LogP contribution in [0, 0.1) is 28.1 Å². The summed E-state index contributed by atoms with van der Waals surface area (Å²) in [6.07, 6.45) is 6.47. The second kappa shape index (κ2) is 8.12. The smallest absolute Gasteiger partial charge is 0.145 e. The zero-order valence-electron chi connectivity index (χ0n) is 15.2. The zero-order valence-corrected chi connectivity index (χ0v) is 15.2. The van der Waals surface area contributed by atoms with Crippen LogP contribution in [0.1, 0.15) is 25.7 Å². The number of nitrogens with one attached hydrogen (secondary N) is 2. The number of hydrogen-bond donors (Lipinski definition) is 2. The highest BCUT2D eigenvalue weighted by atomic mass is 16.5. The summed E-state index contributed by atoms with van der Waals surface area (Å²) in [7, 11) is 1.63. The van der Waals surface area contributed by atoms with Crippen molar-refractivity contribution in [2.45, 2.75) is 25.7 Å². The third-order valence-electron chi connectivity index (χ3n) is 5.65. The lowest BCUT2D eigenvalue weighted by Crippen LogP contribution is -2.45. The Labute approximate surface area is 155 Å². The topological polar surface area (TPSA) is 84.1 Å². The zero-order chi connectivity index (χ0) is 18.4. The second-order valence-corrected chi connectivity index (χ2v) is 7.05. The van der Waals surface area contributed by atoms with Gasteiger partial charge in [-0.15, -0.1) is 0 Å². The Morgan fingerprint density at radius 3 is 2.50 bits per heavy atom. The summed E-state index contributed by atoms with van der Waals surface area (Å²) in [5, 5.41) is 24.1. The van der Waals surface area contributed by atoms with Gasteiger partial charge < -0.3 is 20.3 Å². The molecule has 2 saturated heterocycles. The highest BCUT2D eigenvalue weighted by Crippen LogP contribution is 2.41. The average Bonchev–Trinajstić information content (AvgIpc) is 2.70. The van der Waals surface area contributed by atoms with Crippen molar-refractivity contribution >= 4 is 11.4 Å². The van der Waals surface area contributed by atoms with Gasteiger partial charge in [0, 0.05) is 31.0 Å². The highest BCUT2D eigenvalue weighted by molar-refractivity contribution is 5.66. The third kappa shape index (κ3) is 3.92. The van der Waals surface area contributed by atoms with E-state index in [1.165, 1.54) is 31.9 Å². The van der Waals surface area contributed by atoms with Crippen LogP contribution in [0.2, 0.25) is 0 Å². The highest BCUT2D eigenvalue weighted by Gasteiger charge is 2.35. The van der Waals surface area contributed by atoms with E-state index in [1.54, 1.807) is 7.11 Å². The van der Waals surface area contributed by atoms with Gasteiger partial charge in [0.05, 0.1) is 12.8 Å². The lowest BCUT2D eigenvalue weighted by molar-refractivity contribution is 0.155. The molecule has 2 fully saturated rings. The summed E-state index contributed by atoms with van der Waals surface area (Å²) in [6, 6.07) is 9.70. The molecular weight excluding hydrogens is 326 g/mol. The molecule has 0 aromatic heterocycles. The molecular formula is C20H25N5O. The van der Waals surface area contributed by atoms with Gasteiger partial charge in [-0.2, -0.15) is 10.5 Å². The molecule has 0 amide bonds. The minimum absolute atomic E-state index is 0.0272. The fourth-order valence-corrected chi connectivity index (χ4v) is 3.93. The fraction of sp³-hybridized carbons (Fsp3) is 0.500. The third-order valence-corrected chi connectivity index (χ3v) is 5.65. The van der Waals surface area contributed by atoms with Crippen molar-refractivity contribution in [2.24, 2.45) is 5.41 Å². The molecule has 0 saturated carbocycles. The number of nitriles is 2. The first-order valence-corrected chi connectivity index (χ1v) is 9.10. The number of ether oxygens (including phenoxy) is 1. The molecule has 1 aromatic rings. The van der Waals surface area contributed by atoms with E-state index in [1.807, 2.05) is 24.3 Å². The van der Waals surface area contributed by atoms with Gasteiger partial charge in [0.15, 0.2) is 0 Å². The van der Waals surface area contributed by atoms with E-state index in [9.17, 15) is 0 Å². The molecule has 1 aromatic carbocycles. The van der Waals surface area contributed by atoms with E-state index in [0.717, 1.165) is 37.6 Å². The molecule has 1 spiro atoms. The van der Waals surface area contributed by atoms with Crippen molar-refractivity contribution in [3.63, 3.8) is 0 Å². The summed E-state index contributed by atoms with van der Waals surface area (Å²) in [4.78, 5) is 2.42. The quantitative estimate of drug-likeness (QED) is 0.811. The van der Waals surface area contributed by atoms with Crippen molar-refractivity contribution in [2.75, 3.05) is 43.5 Å². The van der Waals surface area contributed by atoms with Crippen LogP contribution in [0.15, 0.2) is 30.0 Å². The van der Waals surface area contributed by atoms with Crippen LogP contribution in [0.25, 0.3) is 0 Å². The van der Waals surface area contributed by atoms with E-state index >= 15 is 0 Å². The van der Waals surface area contributed by atoms with Crippen molar-refractivity contribution in [3.05, 3.63) is 30.0 Å². The number of methoxy groups -OCH3 is 1. The fourth-order valence-electron chi connectivity index (χ4n) is 3.93. The van der Waals surface area contributed by atoms with Gasteiger partial charge in [-0.1, -0.05) is 0 Å². The number of hydrogen-bond acceptors (Lipinski definition) is 6. The second-order valence-electron chi connectivity index (χ2n) is 7.05. The average molecular weight is 351 g/mol. The Balaban J connectivity index is 1.69. The number of rotatable bonds is 4. The normalized spacial score (nSPS) is 18.5. The number of piperidine rings is 2. The van der Waals surface area contributed by atoms with Crippen LogP contribution in [-0.2, 0) is 0 Å². The van der Waals surface area contributed by atoms with Gasteiger partial charge in [-0.05, 0) is 56.3 Å². The summed E-state index contributed by atoms with van der Waals surface area (Å²) < 4.78 is 5.49. The van der Waals surface area contributed by atoms with Gasteiger partial charge in [0.25, 0.3) is 0 Å². The molecule has 0 aliphatic carbocycles. The van der Waals surface area contributed by atoms with Crippen molar-refractivity contribution in [1.29, 1.82) is 10.5 Å². The maximum atomic E-state index is 8.83. The van der Waals surface area contributed by atoms with Crippen LogP contribution in [0.4, 0.5) is 11.4 Å². The molecule has 136 valence electrons. The largest absolute Gasteiger partial charge is 0.494 e. The standard InChI is InChI=1S/C20H25N5O/c1-26-19-12-17(2-3-18(19)24-15-16(13-21)14-22)25-10-6-20(7-11-25)4-8-23-9-5-20/h2-3,12,15,23-24H,4-11H2,1H3. The minimum atomic E-state index is 0.0272. The Hall–Kier alpha value is -2.70. The maximum absolute atomic E-state index is 8.83. The number of allylic oxidation sites excluding steroid dienone is 1. The van der Waals surface area contributed by atoms with E-state index in [-0.39, 0.29) is 5.57 Å². The Morgan fingerprint density at radius 1 is 1.19 bits per heavy atom. The minimum Gasteiger partial charge on any atom is -0.494 e. The summed E-state index contributed by atoms with van der Waals surface area (Å²) in [5.74, 6) is 0.705. The number of nitrogens with zero attached hydrogens (tertiary/aromatic N) is 3. The van der Waals surface area contributed by atoms with Crippen LogP contribution in [0.5, 0.6) is 5.75 Å². The first-order valence-electron chi connectivity index (χ1n) is 9.10. The molecule has 0 atom stereocenters. The molecule has 0 radical (unpaired) electrons. The SMILES string of the molecule is COc1cc(N2CCC3(CCNCC3)CC2)ccc1NC=C(C#N)C#N.